The summed E-state index contributed by atoms with van der Waals surface area (Å²) in [6.07, 6.45) is 4.60. The third-order valence-corrected chi connectivity index (χ3v) is 5.78. The Balaban J connectivity index is 1.63. The summed E-state index contributed by atoms with van der Waals surface area (Å²) in [7, 11) is 0. The number of rotatable bonds is 6. The van der Waals surface area contributed by atoms with Crippen LogP contribution >= 0.6 is 0 Å². The Kier molecular flexibility index (Phi) is 6.28. The minimum atomic E-state index is -0.927. The first kappa shape index (κ1) is 21.6. The molecule has 160 valence electrons. The van der Waals surface area contributed by atoms with Crippen LogP contribution in [0.1, 0.15) is 37.3 Å². The van der Waals surface area contributed by atoms with Crippen LogP contribution in [-0.4, -0.2) is 0 Å². The van der Waals surface area contributed by atoms with Crippen molar-refractivity contribution >= 4 is 10.8 Å². The van der Waals surface area contributed by atoms with Gasteiger partial charge in [-0.2, -0.15) is 5.26 Å². The molecule has 0 N–H and O–H groups in total. The number of benzene rings is 4. The van der Waals surface area contributed by atoms with E-state index in [0.29, 0.717) is 11.1 Å². The molecule has 4 aromatic rings. The number of fused-ring (bicyclic) bond motifs is 1. The molecule has 0 atom stereocenters. The average Bonchev–Trinajstić information content (AvgIpc) is 2.79. The lowest BCUT2D eigenvalue weighted by molar-refractivity contribution is 0.585. The van der Waals surface area contributed by atoms with Crippen molar-refractivity contribution in [2.24, 2.45) is 0 Å². The number of unbranched alkanes of at least 4 members (excludes halogenated alkanes) is 2. The summed E-state index contributed by atoms with van der Waals surface area (Å²) in [6, 6.07) is 20.4. The van der Waals surface area contributed by atoms with E-state index >= 15 is 0 Å². The number of nitrogens with zero attached hydrogens (tertiary/aromatic N) is 1. The van der Waals surface area contributed by atoms with E-state index in [0.717, 1.165) is 30.0 Å². The van der Waals surface area contributed by atoms with Crippen LogP contribution in [0.4, 0.5) is 13.2 Å². The van der Waals surface area contributed by atoms with Gasteiger partial charge in [0.05, 0.1) is 0 Å². The normalized spacial score (nSPS) is 11.0. The van der Waals surface area contributed by atoms with Crippen LogP contribution in [0.15, 0.2) is 66.7 Å². The van der Waals surface area contributed by atoms with Crippen LogP contribution in [0, 0.1) is 28.8 Å². The molecule has 0 aromatic heterocycles. The SMILES string of the molecule is CCCCCc1ccc(-c2ccc(-c3ccc4c(F)c(C#N)c(F)cc4c3)c(F)c2)cc1. The van der Waals surface area contributed by atoms with E-state index in [-0.39, 0.29) is 10.8 Å². The highest BCUT2D eigenvalue weighted by molar-refractivity contribution is 5.89. The van der Waals surface area contributed by atoms with Crippen molar-refractivity contribution < 1.29 is 13.2 Å². The minimum absolute atomic E-state index is 0.128. The van der Waals surface area contributed by atoms with Gasteiger partial charge < -0.3 is 0 Å². The first-order valence-electron chi connectivity index (χ1n) is 10.7. The maximum atomic E-state index is 15.0. The van der Waals surface area contributed by atoms with Gasteiger partial charge in [0.2, 0.25) is 0 Å². The highest BCUT2D eigenvalue weighted by atomic mass is 19.1. The fraction of sp³-hybridized carbons (Fsp3) is 0.179. The van der Waals surface area contributed by atoms with E-state index < -0.39 is 23.0 Å². The molecule has 0 amide bonds. The van der Waals surface area contributed by atoms with Crippen molar-refractivity contribution in [1.29, 1.82) is 5.26 Å². The Labute approximate surface area is 185 Å². The molecule has 4 rings (SSSR count). The van der Waals surface area contributed by atoms with E-state index in [2.05, 4.69) is 19.1 Å². The fourth-order valence-electron chi connectivity index (χ4n) is 3.97. The second kappa shape index (κ2) is 9.28. The zero-order valence-corrected chi connectivity index (χ0v) is 17.8. The van der Waals surface area contributed by atoms with E-state index in [1.807, 2.05) is 18.2 Å². The molecule has 0 saturated heterocycles. The van der Waals surface area contributed by atoms with Crippen LogP contribution in [-0.2, 0) is 6.42 Å². The van der Waals surface area contributed by atoms with Gasteiger partial charge in [-0.3, -0.25) is 0 Å². The number of halogens is 3. The zero-order valence-electron chi connectivity index (χ0n) is 17.8. The second-order valence-corrected chi connectivity index (χ2v) is 7.94. The van der Waals surface area contributed by atoms with Gasteiger partial charge in [-0.05, 0) is 58.7 Å². The van der Waals surface area contributed by atoms with Crippen LogP contribution in [0.2, 0.25) is 0 Å². The van der Waals surface area contributed by atoms with Gasteiger partial charge in [0, 0.05) is 10.9 Å². The quantitative estimate of drug-likeness (QED) is 0.283. The maximum Gasteiger partial charge on any atom is 0.151 e. The molecular formula is C28H22F3N. The van der Waals surface area contributed by atoms with Gasteiger partial charge in [-0.25, -0.2) is 13.2 Å². The topological polar surface area (TPSA) is 23.8 Å². The minimum Gasteiger partial charge on any atom is -0.206 e. The van der Waals surface area contributed by atoms with E-state index in [9.17, 15) is 13.2 Å². The highest BCUT2D eigenvalue weighted by Gasteiger charge is 2.15. The first-order valence-corrected chi connectivity index (χ1v) is 10.7. The summed E-state index contributed by atoms with van der Waals surface area (Å²) in [5, 5.41) is 9.34. The Hall–Kier alpha value is -3.58. The number of nitriles is 1. The predicted octanol–water partition coefficient (Wildman–Crippen LogP) is 8.20. The van der Waals surface area contributed by atoms with Gasteiger partial charge in [0.15, 0.2) is 5.82 Å². The lowest BCUT2D eigenvalue weighted by Crippen LogP contribution is -1.93. The molecule has 0 radical (unpaired) electrons. The first-order chi connectivity index (χ1) is 15.5. The molecule has 32 heavy (non-hydrogen) atoms. The van der Waals surface area contributed by atoms with Crippen LogP contribution in [0.5, 0.6) is 0 Å². The third-order valence-electron chi connectivity index (χ3n) is 5.78. The zero-order chi connectivity index (χ0) is 22.7. The van der Waals surface area contributed by atoms with Crippen LogP contribution in [0.3, 0.4) is 0 Å². The van der Waals surface area contributed by atoms with Gasteiger partial charge in [0.25, 0.3) is 0 Å². The molecule has 0 aliphatic carbocycles. The standard InChI is InChI=1S/C28H22F3N/c1-2-3-4-5-18-6-8-19(9-7-18)20-10-12-23(26(29)15-20)21-11-13-24-22(14-21)16-27(30)25(17-32)28(24)31/h6-16H,2-5H2,1H3. The lowest BCUT2D eigenvalue weighted by atomic mass is 9.96. The van der Waals surface area contributed by atoms with E-state index in [1.54, 1.807) is 12.1 Å². The van der Waals surface area contributed by atoms with Crippen molar-refractivity contribution in [2.45, 2.75) is 32.6 Å². The molecule has 0 aliphatic rings. The summed E-state index contributed by atoms with van der Waals surface area (Å²) < 4.78 is 43.4. The number of hydrogen-bond donors (Lipinski definition) is 0. The van der Waals surface area contributed by atoms with Crippen molar-refractivity contribution in [3.05, 3.63) is 95.3 Å². The third kappa shape index (κ3) is 4.24. The molecular weight excluding hydrogens is 407 g/mol. The summed E-state index contributed by atoms with van der Waals surface area (Å²) in [5.41, 5.74) is 3.21. The van der Waals surface area contributed by atoms with Gasteiger partial charge in [0.1, 0.15) is 23.3 Å². The highest BCUT2D eigenvalue weighted by Crippen LogP contribution is 2.32. The number of aryl methyl sites for hydroxylation is 1. The monoisotopic (exact) mass is 429 g/mol. The Morgan fingerprint density at radius 3 is 2.16 bits per heavy atom. The molecule has 4 aromatic carbocycles. The van der Waals surface area contributed by atoms with Crippen molar-refractivity contribution in [3.8, 4) is 28.3 Å². The summed E-state index contributed by atoms with van der Waals surface area (Å²) in [4.78, 5) is 0. The Morgan fingerprint density at radius 2 is 1.47 bits per heavy atom. The van der Waals surface area contributed by atoms with Gasteiger partial charge >= 0.3 is 0 Å². The van der Waals surface area contributed by atoms with E-state index in [4.69, 9.17) is 5.26 Å². The van der Waals surface area contributed by atoms with Crippen molar-refractivity contribution in [3.63, 3.8) is 0 Å². The summed E-state index contributed by atoms with van der Waals surface area (Å²) >= 11 is 0. The second-order valence-electron chi connectivity index (χ2n) is 7.94. The molecule has 4 heteroatoms. The molecule has 0 saturated carbocycles. The Morgan fingerprint density at radius 1 is 0.750 bits per heavy atom. The predicted molar refractivity (Wildman–Crippen MR) is 123 cm³/mol. The number of hydrogen-bond acceptors (Lipinski definition) is 1. The molecule has 0 bridgehead atoms. The smallest absolute Gasteiger partial charge is 0.151 e. The van der Waals surface area contributed by atoms with E-state index in [1.165, 1.54) is 42.7 Å². The average molecular weight is 429 g/mol. The van der Waals surface area contributed by atoms with Crippen molar-refractivity contribution in [2.75, 3.05) is 0 Å². The molecule has 1 nitrogen and oxygen atoms in total. The molecule has 0 spiro atoms. The summed E-state index contributed by atoms with van der Waals surface area (Å²) in [6.45, 7) is 2.18. The van der Waals surface area contributed by atoms with Crippen LogP contribution in [0.25, 0.3) is 33.0 Å². The molecule has 0 aliphatic heterocycles. The Bertz CT molecular complexity index is 1320. The van der Waals surface area contributed by atoms with Crippen LogP contribution < -0.4 is 0 Å². The molecule has 0 unspecified atom stereocenters. The van der Waals surface area contributed by atoms with Crippen molar-refractivity contribution in [1.82, 2.24) is 0 Å². The molecule has 0 fully saturated rings. The largest absolute Gasteiger partial charge is 0.206 e. The molecule has 0 heterocycles. The lowest BCUT2D eigenvalue weighted by Gasteiger charge is -2.10. The van der Waals surface area contributed by atoms with Gasteiger partial charge in [-0.1, -0.05) is 68.3 Å². The summed E-state index contributed by atoms with van der Waals surface area (Å²) in [5.74, 6) is -2.24. The van der Waals surface area contributed by atoms with Gasteiger partial charge in [-0.15, -0.1) is 0 Å². The fourth-order valence-corrected chi connectivity index (χ4v) is 3.97. The maximum absolute atomic E-state index is 15.0.